The van der Waals surface area contributed by atoms with E-state index in [2.05, 4.69) is 40.5 Å². The number of thioether (sulfide) groups is 1. The zero-order valence-electron chi connectivity index (χ0n) is 29.5. The summed E-state index contributed by atoms with van der Waals surface area (Å²) in [7, 11) is 1.85. The predicted octanol–water partition coefficient (Wildman–Crippen LogP) is 6.20. The molecule has 2 amide bonds. The van der Waals surface area contributed by atoms with Crippen molar-refractivity contribution in [3.8, 4) is 18.2 Å². The molecule has 0 saturated heterocycles. The summed E-state index contributed by atoms with van der Waals surface area (Å²) in [5.41, 5.74) is -2.03. The van der Waals surface area contributed by atoms with E-state index < -0.39 is 47.7 Å². The minimum atomic E-state index is -1.44. The Balaban J connectivity index is 1.76. The second-order valence-electron chi connectivity index (χ2n) is 14.6. The van der Waals surface area contributed by atoms with Crippen molar-refractivity contribution in [1.82, 2.24) is 24.8 Å². The molecule has 2 aliphatic rings. The Hall–Kier alpha value is -3.87. The summed E-state index contributed by atoms with van der Waals surface area (Å²) >= 11 is 1.15. The lowest BCUT2D eigenvalue weighted by Crippen LogP contribution is -2.48. The van der Waals surface area contributed by atoms with Gasteiger partial charge in [-0.1, -0.05) is 37.3 Å². The molecule has 1 aliphatic carbocycles. The van der Waals surface area contributed by atoms with Crippen molar-refractivity contribution in [2.24, 2.45) is 10.9 Å². The van der Waals surface area contributed by atoms with E-state index in [4.69, 9.17) is 25.6 Å². The van der Waals surface area contributed by atoms with Gasteiger partial charge in [-0.05, 0) is 57.9 Å². The molecule has 3 heterocycles. The smallest absolute Gasteiger partial charge is 0.418 e. The van der Waals surface area contributed by atoms with Crippen LogP contribution >= 0.6 is 11.8 Å². The average Bonchev–Trinajstić information content (AvgIpc) is 3.76. The molecule has 264 valence electrons. The van der Waals surface area contributed by atoms with Gasteiger partial charge in [0, 0.05) is 46.5 Å². The number of nitrogens with zero attached hydrogens (tertiary/aromatic N) is 6. The van der Waals surface area contributed by atoms with Gasteiger partial charge in [-0.3, -0.25) is 9.79 Å². The number of aromatic nitrogens is 3. The molecule has 49 heavy (non-hydrogen) atoms. The van der Waals surface area contributed by atoms with E-state index in [9.17, 15) is 9.59 Å². The van der Waals surface area contributed by atoms with E-state index in [0.717, 1.165) is 23.9 Å². The Bertz CT molecular complexity index is 1670. The molecule has 1 aliphatic heterocycles. The molecule has 3 atom stereocenters. The lowest BCUT2D eigenvalue weighted by molar-refractivity contribution is -0.129. The van der Waals surface area contributed by atoms with E-state index in [1.165, 1.54) is 34.5 Å². The Morgan fingerprint density at radius 3 is 2.49 bits per heavy atom. The number of ether oxygens (including phenoxy) is 3. The molecule has 2 aromatic heterocycles. The van der Waals surface area contributed by atoms with Crippen LogP contribution in [0.3, 0.4) is 0 Å². The minimum absolute atomic E-state index is 0.0125. The van der Waals surface area contributed by atoms with Crippen molar-refractivity contribution < 1.29 is 32.6 Å². The molecule has 11 nitrogen and oxygen atoms in total. The maximum absolute atomic E-state index is 15.8. The molecule has 15 heteroatoms. The van der Waals surface area contributed by atoms with Gasteiger partial charge in [0.15, 0.2) is 17.6 Å². The summed E-state index contributed by atoms with van der Waals surface area (Å²) in [6.45, 7) is 13.8. The number of halogens is 2. The number of aliphatic imine (C=N–C) groups is 1. The van der Waals surface area contributed by atoms with Gasteiger partial charge in [0.25, 0.3) is 0 Å². The molecular weight excluding hydrogens is 671 g/mol. The van der Waals surface area contributed by atoms with Crippen LogP contribution in [0.4, 0.5) is 13.6 Å². The van der Waals surface area contributed by atoms with Crippen molar-refractivity contribution in [3.63, 3.8) is 0 Å². The van der Waals surface area contributed by atoms with Crippen LogP contribution in [0.5, 0.6) is 5.88 Å². The molecule has 2 aromatic rings. The van der Waals surface area contributed by atoms with E-state index in [1.54, 1.807) is 41.8 Å². The largest absolute Gasteiger partial charge is 0.463 e. The molecular formula is C34H44F2N6O5SSi. The summed E-state index contributed by atoms with van der Waals surface area (Å²) in [6, 6.07) is 2.31. The molecule has 0 bridgehead atoms. The van der Waals surface area contributed by atoms with E-state index in [1.807, 2.05) is 0 Å². The van der Waals surface area contributed by atoms with Gasteiger partial charge < -0.3 is 19.1 Å². The fraction of sp³-hybridized carbons (Fsp3) is 0.529. The van der Waals surface area contributed by atoms with Crippen LogP contribution in [0.1, 0.15) is 50.9 Å². The highest BCUT2D eigenvalue weighted by Crippen LogP contribution is 2.67. The minimum Gasteiger partial charge on any atom is -0.463 e. The lowest BCUT2D eigenvalue weighted by atomic mass is 9.86. The number of carbonyl (C=O) groups excluding carboxylic acids is 2. The Kier molecular flexibility index (Phi) is 11.3. The summed E-state index contributed by atoms with van der Waals surface area (Å²) in [6.07, 6.45) is 9.60. The van der Waals surface area contributed by atoms with Crippen LogP contribution in [-0.4, -0.2) is 94.4 Å². The summed E-state index contributed by atoms with van der Waals surface area (Å²) in [4.78, 5) is 47.1. The van der Waals surface area contributed by atoms with Crippen LogP contribution in [0.25, 0.3) is 11.9 Å². The van der Waals surface area contributed by atoms with Gasteiger partial charge in [0.2, 0.25) is 17.7 Å². The number of rotatable bonds is 11. The Labute approximate surface area is 291 Å². The fourth-order valence-corrected chi connectivity index (χ4v) is 7.73. The predicted molar refractivity (Wildman–Crippen MR) is 188 cm³/mol. The van der Waals surface area contributed by atoms with Gasteiger partial charge in [-0.2, -0.15) is 4.39 Å². The number of amidine groups is 1. The first kappa shape index (κ1) is 37.9. The third-order valence-corrected chi connectivity index (χ3v) is 11.1. The van der Waals surface area contributed by atoms with Crippen LogP contribution < -0.4 is 4.74 Å². The molecule has 1 saturated carbocycles. The van der Waals surface area contributed by atoms with Gasteiger partial charge in [0.1, 0.15) is 22.8 Å². The number of carbonyl (C=O) groups is 2. The zero-order chi connectivity index (χ0) is 36.4. The summed E-state index contributed by atoms with van der Waals surface area (Å²) in [5, 5.41) is 0.155. The average molecular weight is 715 g/mol. The first-order chi connectivity index (χ1) is 22.8. The standard InChI is InChI=1S/C34H44F2N6O5SSi/c1-11-12-46-27-20-37-25(19-38-27)24(35)16-22-15-23(28(36)39-18-22)33(5)26-17-34(26,29(43)41(6)7)48-30(40-33)42(31(44)47-32(2,3)4)21-45-13-14-49(8,9)10/h1,15-16,18-20,26H,12-14,17,21H2,2-10H3/b24-16-/t26-,33+,34-/m0/s1. The monoisotopic (exact) mass is 714 g/mol. The number of hydrogen-bond donors (Lipinski definition) is 0. The topological polar surface area (TPSA) is 119 Å². The second kappa shape index (κ2) is 14.5. The van der Waals surface area contributed by atoms with Gasteiger partial charge in [-0.15, -0.1) is 6.42 Å². The first-order valence-electron chi connectivity index (χ1n) is 15.8. The van der Waals surface area contributed by atoms with E-state index >= 15 is 8.78 Å². The van der Waals surface area contributed by atoms with Gasteiger partial charge in [0.05, 0.1) is 17.9 Å². The Morgan fingerprint density at radius 1 is 1.18 bits per heavy atom. The van der Waals surface area contributed by atoms with Crippen LogP contribution in [0.2, 0.25) is 25.7 Å². The van der Waals surface area contributed by atoms with Crippen LogP contribution in [0, 0.1) is 24.2 Å². The van der Waals surface area contributed by atoms with Crippen molar-refractivity contribution in [1.29, 1.82) is 0 Å². The molecule has 4 rings (SSSR count). The summed E-state index contributed by atoms with van der Waals surface area (Å²) < 4.78 is 47.0. The van der Waals surface area contributed by atoms with E-state index in [0.29, 0.717) is 13.0 Å². The molecule has 0 radical (unpaired) electrons. The number of hydrogen-bond acceptors (Lipinski definition) is 10. The SMILES string of the molecule is C#CCOc1cnc(/C(F)=C/c2cnc(F)c([C@@]3(C)N=C(N(COCC[Si](C)(C)C)C(=O)OC(C)(C)C)S[C@@]4(C(=O)N(C)C)C[C@H]43)c2)cn1. The highest BCUT2D eigenvalue weighted by Gasteiger charge is 2.72. The van der Waals surface area contributed by atoms with Crippen molar-refractivity contribution >= 4 is 48.9 Å². The van der Waals surface area contributed by atoms with E-state index in [-0.39, 0.29) is 47.1 Å². The van der Waals surface area contributed by atoms with Gasteiger partial charge >= 0.3 is 6.09 Å². The number of fused-ring (bicyclic) bond motifs is 1. The highest BCUT2D eigenvalue weighted by molar-refractivity contribution is 8.16. The molecule has 0 unspecified atom stereocenters. The lowest BCUT2D eigenvalue weighted by Gasteiger charge is -2.38. The third kappa shape index (κ3) is 9.03. The summed E-state index contributed by atoms with van der Waals surface area (Å²) in [5.74, 6) is 0.202. The normalized spacial score (nSPS) is 22.0. The van der Waals surface area contributed by atoms with Crippen LogP contribution in [-0.2, 0) is 19.8 Å². The van der Waals surface area contributed by atoms with Gasteiger partial charge in [-0.25, -0.2) is 29.0 Å². The van der Waals surface area contributed by atoms with Crippen molar-refractivity contribution in [2.75, 3.05) is 34.0 Å². The molecule has 0 aromatic carbocycles. The highest BCUT2D eigenvalue weighted by atomic mass is 32.2. The number of pyridine rings is 1. The maximum Gasteiger partial charge on any atom is 0.418 e. The third-order valence-electron chi connectivity index (χ3n) is 7.89. The Morgan fingerprint density at radius 2 is 1.90 bits per heavy atom. The quantitative estimate of drug-likeness (QED) is 0.0881. The van der Waals surface area contributed by atoms with Crippen LogP contribution in [0.15, 0.2) is 29.6 Å². The zero-order valence-corrected chi connectivity index (χ0v) is 31.3. The second-order valence-corrected chi connectivity index (χ2v) is 21.5. The maximum atomic E-state index is 15.8. The molecule has 0 N–H and O–H groups in total. The molecule has 0 spiro atoms. The fourth-order valence-electron chi connectivity index (χ4n) is 5.28. The molecule has 1 fully saturated rings. The number of terminal acetylenes is 1. The number of amides is 2. The first-order valence-corrected chi connectivity index (χ1v) is 20.3. The van der Waals surface area contributed by atoms with Crippen molar-refractivity contribution in [3.05, 3.63) is 47.4 Å². The van der Waals surface area contributed by atoms with Crippen molar-refractivity contribution in [2.45, 2.75) is 75.7 Å².